The summed E-state index contributed by atoms with van der Waals surface area (Å²) >= 11 is 4.92. The van der Waals surface area contributed by atoms with Crippen LogP contribution in [0.4, 0.5) is 64.4 Å². The number of halogens is 7. The van der Waals surface area contributed by atoms with E-state index in [2.05, 4.69) is 40.9 Å². The van der Waals surface area contributed by atoms with Crippen molar-refractivity contribution in [3.05, 3.63) is 302 Å². The molecule has 5 N–H and O–H groups in total. The van der Waals surface area contributed by atoms with Crippen molar-refractivity contribution in [1.29, 1.82) is 0 Å². The average molecular weight is 1410 g/mol. The fourth-order valence-electron chi connectivity index (χ4n) is 8.78. The predicted octanol–water partition coefficient (Wildman–Crippen LogP) is 12.0. The number of hydrogen-bond acceptors (Lipinski definition) is 17. The van der Waals surface area contributed by atoms with E-state index in [-0.39, 0.29) is 52.3 Å². The summed E-state index contributed by atoms with van der Waals surface area (Å²) in [5.41, 5.74) is 6.96. The molecule has 0 bridgehead atoms. The minimum absolute atomic E-state index is 0.0747. The Morgan fingerprint density at radius 1 is 0.495 bits per heavy atom. The normalized spacial score (nSPS) is 11.9. The Balaban J connectivity index is 0.000000174. The lowest BCUT2D eigenvalue weighted by Gasteiger charge is -2.34. The fraction of sp³-hybridized carbons (Fsp3) is 0.121. The number of urea groups is 1. The molecule has 0 radical (unpaired) electrons. The minimum atomic E-state index is -1.21. The zero-order valence-electron chi connectivity index (χ0n) is 52.5. The molecule has 101 heavy (non-hydrogen) atoms. The average Bonchev–Trinajstić information content (AvgIpc) is 1.85. The standard InChI is InChI=1S/C21H20FN5O2.C11H13FN2O.C9H6FN3O2.C9H8FN3.C7H4ClNO4.C6H3F2NO2.C3H4N2/c22-17-4-1-3-16(15-17)20(28)25-11-13-26(14-12-25)21(29)24-18-5-7-19(8-6-18)27-10-2-9-23-27;12-10-3-1-2-9(8-10)11(15)14-6-4-13-5-7-14;10-8-6-7(13(14)15)2-3-9(8)12-5-1-4-11-12;10-8-6-7(11)2-3-9(8)13-5-1-4-12-13;8-7(10)13-6-3-1-5(2-4-6)9(11)12;7-5-2-1-4(9(10)11)3-6(5)8;1-2-4-5-3-1/h1-10,15H,11-14H2,(H,24,29);1-3,8,13H,4-7H2;1-6H;1-6H,11H2;1-4H;1-3H;1-3H,(H,4,5). The second kappa shape index (κ2) is 38.0. The topological polar surface area (TPSA) is 349 Å². The van der Waals surface area contributed by atoms with E-state index in [1.54, 1.807) is 99.0 Å². The number of nitrogens with zero attached hydrogens (tertiary/aromatic N) is 13. The number of anilines is 2. The quantitative estimate of drug-likeness (QED) is 0.0325. The first kappa shape index (κ1) is 75.3. The van der Waals surface area contributed by atoms with Gasteiger partial charge in [0, 0.05) is 160 Å². The smallest absolute Gasteiger partial charge is 0.409 e. The van der Waals surface area contributed by atoms with Gasteiger partial charge in [-0.3, -0.25) is 45.0 Å². The van der Waals surface area contributed by atoms with Crippen molar-refractivity contribution in [3.8, 4) is 22.8 Å². The molecule has 0 spiro atoms. The van der Waals surface area contributed by atoms with E-state index < -0.39 is 49.2 Å². The Kier molecular flexibility index (Phi) is 28.3. The third-order valence-electron chi connectivity index (χ3n) is 13.7. The number of nitrogens with one attached hydrogen (secondary N) is 3. The molecule has 2 saturated heterocycles. The molecule has 6 heterocycles. The summed E-state index contributed by atoms with van der Waals surface area (Å²) in [6.45, 7) is 4.63. The molecule has 4 aromatic heterocycles. The van der Waals surface area contributed by atoms with Crippen LogP contribution in [0.15, 0.2) is 225 Å². The number of carbonyl (C=O) groups excluding carboxylic acids is 4. The SMILES string of the molecule is Nc1ccc(-n2cccn2)c(F)c1.O=C(Cl)Oc1ccc([N+](=O)[O-])cc1.O=C(Nc1ccc(-n2cccn2)cc1)N1CCN(C(=O)c2cccc(F)c2)CC1.O=C(c1cccc(F)c1)N1CCNCC1.O=[N+]([O-])c1ccc(-n2cccn2)c(F)c1.O=[N+]([O-])c1ccc(F)c(F)c1.c1cn[nH]c1. The largest absolute Gasteiger partial charge is 0.414 e. The lowest BCUT2D eigenvalue weighted by atomic mass is 10.2. The van der Waals surface area contributed by atoms with Crippen LogP contribution in [-0.2, 0) is 0 Å². The van der Waals surface area contributed by atoms with Crippen molar-refractivity contribution in [2.75, 3.05) is 63.4 Å². The van der Waals surface area contributed by atoms with Crippen molar-refractivity contribution < 1.29 is 65.0 Å². The number of piperazine rings is 2. The molecule has 7 aromatic carbocycles. The lowest BCUT2D eigenvalue weighted by Crippen LogP contribution is -2.51. The summed E-state index contributed by atoms with van der Waals surface area (Å²) in [6.07, 6.45) is 13.3. The van der Waals surface area contributed by atoms with Gasteiger partial charge in [-0.15, -0.1) is 0 Å². The number of nitrogen functional groups attached to an aromatic ring is 1. The Morgan fingerprint density at radius 3 is 1.41 bits per heavy atom. The Hall–Kier alpha value is -13.1. The number of aromatic nitrogens is 8. The van der Waals surface area contributed by atoms with Gasteiger partial charge in [-0.05, 0) is 127 Å². The number of nitro benzene ring substituents is 3. The van der Waals surface area contributed by atoms with Gasteiger partial charge in [0.1, 0.15) is 28.8 Å². The summed E-state index contributed by atoms with van der Waals surface area (Å²) in [4.78, 5) is 80.7. The van der Waals surface area contributed by atoms with Gasteiger partial charge in [-0.2, -0.15) is 20.4 Å². The summed E-state index contributed by atoms with van der Waals surface area (Å²) in [7, 11) is 0. The van der Waals surface area contributed by atoms with Gasteiger partial charge in [0.05, 0.1) is 32.6 Å². The molecule has 2 fully saturated rings. The summed E-state index contributed by atoms with van der Waals surface area (Å²) < 4.78 is 86.3. The van der Waals surface area contributed by atoms with E-state index in [0.717, 1.165) is 30.9 Å². The van der Waals surface area contributed by atoms with Crippen LogP contribution in [0.25, 0.3) is 17.1 Å². The van der Waals surface area contributed by atoms with E-state index in [1.807, 2.05) is 42.6 Å². The van der Waals surface area contributed by atoms with Gasteiger partial charge in [0.25, 0.3) is 28.9 Å². The molecule has 2 aliphatic rings. The molecule has 4 amide bonds. The van der Waals surface area contributed by atoms with E-state index >= 15 is 0 Å². The van der Waals surface area contributed by atoms with Gasteiger partial charge in [0.2, 0.25) is 0 Å². The number of rotatable bonds is 10. The zero-order valence-corrected chi connectivity index (χ0v) is 53.3. The number of benzene rings is 7. The van der Waals surface area contributed by atoms with Crippen LogP contribution in [0, 0.1) is 65.2 Å². The van der Waals surface area contributed by atoms with Crippen LogP contribution in [0.5, 0.6) is 5.75 Å². The van der Waals surface area contributed by atoms with E-state index in [4.69, 9.17) is 17.3 Å². The highest BCUT2D eigenvalue weighted by molar-refractivity contribution is 6.61. The summed E-state index contributed by atoms with van der Waals surface area (Å²) in [5.74, 6) is -4.28. The van der Waals surface area contributed by atoms with Crippen molar-refractivity contribution >= 4 is 63.3 Å². The van der Waals surface area contributed by atoms with E-state index in [0.29, 0.717) is 79.6 Å². The number of hydrogen-bond donors (Lipinski definition) is 4. The molecule has 28 nitrogen and oxygen atoms in total. The Bertz CT molecular complexity index is 4480. The number of non-ortho nitro benzene ring substituents is 3. The third-order valence-corrected chi connectivity index (χ3v) is 13.7. The lowest BCUT2D eigenvalue weighted by molar-refractivity contribution is -0.385. The number of carbonyl (C=O) groups is 4. The zero-order chi connectivity index (χ0) is 72.8. The maximum Gasteiger partial charge on any atom is 0.409 e. The summed E-state index contributed by atoms with van der Waals surface area (Å²) in [5, 5.41) is 54.7. The van der Waals surface area contributed by atoms with Crippen LogP contribution in [0.3, 0.4) is 0 Å². The fourth-order valence-corrected chi connectivity index (χ4v) is 8.87. The molecule has 2 aliphatic heterocycles. The number of nitrogens with two attached hydrogens (primary N) is 1. The van der Waals surface area contributed by atoms with Crippen LogP contribution in [-0.4, -0.2) is 145 Å². The first-order valence-corrected chi connectivity index (χ1v) is 30.0. The Labute approximate surface area is 573 Å². The monoisotopic (exact) mass is 1410 g/mol. The molecule has 0 unspecified atom stereocenters. The first-order valence-electron chi connectivity index (χ1n) is 29.6. The van der Waals surface area contributed by atoms with Gasteiger partial charge in [-0.1, -0.05) is 12.1 Å². The third kappa shape index (κ3) is 23.9. The number of amides is 4. The molecule has 522 valence electrons. The maximum absolute atomic E-state index is 13.4. The van der Waals surface area contributed by atoms with Gasteiger partial charge in [-0.25, -0.2) is 50.0 Å². The van der Waals surface area contributed by atoms with E-state index in [1.165, 1.54) is 88.4 Å². The highest BCUT2D eigenvalue weighted by Gasteiger charge is 2.26. The second-order valence-corrected chi connectivity index (χ2v) is 20.8. The molecule has 11 aromatic rings. The minimum Gasteiger partial charge on any atom is -0.414 e. The van der Waals surface area contributed by atoms with Crippen molar-refractivity contribution in [2.45, 2.75) is 0 Å². The van der Waals surface area contributed by atoms with Gasteiger partial charge >= 0.3 is 11.5 Å². The number of H-pyrrole nitrogens is 1. The molecule has 13 rings (SSSR count). The Morgan fingerprint density at radius 2 is 0.970 bits per heavy atom. The number of aromatic amines is 1. The molecule has 0 atom stereocenters. The van der Waals surface area contributed by atoms with Gasteiger partial charge in [0.15, 0.2) is 23.3 Å². The van der Waals surface area contributed by atoms with Gasteiger partial charge < -0.3 is 35.8 Å². The van der Waals surface area contributed by atoms with Crippen molar-refractivity contribution in [2.24, 2.45) is 0 Å². The van der Waals surface area contributed by atoms with Crippen LogP contribution < -0.4 is 21.1 Å². The maximum atomic E-state index is 13.4. The molecular weight excluding hydrogens is 1360 g/mol. The highest BCUT2D eigenvalue weighted by Crippen LogP contribution is 2.22. The molecule has 0 aliphatic carbocycles. The first-order chi connectivity index (χ1) is 48.5. The molecule has 35 heteroatoms. The summed E-state index contributed by atoms with van der Waals surface area (Å²) in [6, 6.07) is 40.8. The number of ether oxygens (including phenoxy) is 1. The predicted molar refractivity (Wildman–Crippen MR) is 356 cm³/mol. The second-order valence-electron chi connectivity index (χ2n) is 20.5. The van der Waals surface area contributed by atoms with E-state index in [9.17, 15) is 75.9 Å². The van der Waals surface area contributed by atoms with Crippen molar-refractivity contribution in [1.82, 2.24) is 59.6 Å². The van der Waals surface area contributed by atoms with Crippen LogP contribution in [0.1, 0.15) is 20.7 Å². The van der Waals surface area contributed by atoms with Crippen molar-refractivity contribution in [3.63, 3.8) is 0 Å². The molecular formula is C66H58ClF6N17O11. The van der Waals surface area contributed by atoms with Crippen LogP contribution in [0.2, 0.25) is 0 Å². The molecule has 0 saturated carbocycles. The number of nitro groups is 3. The highest BCUT2D eigenvalue weighted by atomic mass is 35.5. The van der Waals surface area contributed by atoms with Crippen LogP contribution >= 0.6 is 11.6 Å².